The summed E-state index contributed by atoms with van der Waals surface area (Å²) < 4.78 is 16.0. The molecule has 3 heterocycles. The van der Waals surface area contributed by atoms with E-state index in [2.05, 4.69) is 4.98 Å². The summed E-state index contributed by atoms with van der Waals surface area (Å²) in [5, 5.41) is 0.600. The molecule has 0 radical (unpaired) electrons. The van der Waals surface area contributed by atoms with Gasteiger partial charge in [-0.1, -0.05) is 18.2 Å². The van der Waals surface area contributed by atoms with Crippen LogP contribution in [0.15, 0.2) is 80.7 Å². The molecule has 0 unspecified atom stereocenters. The molecule has 0 aliphatic heterocycles. The topological polar surface area (TPSA) is 85.8 Å². The third-order valence-corrected chi connectivity index (χ3v) is 4.47. The van der Waals surface area contributed by atoms with Crippen LogP contribution in [-0.2, 0) is 13.1 Å². The van der Waals surface area contributed by atoms with E-state index >= 15 is 0 Å². The van der Waals surface area contributed by atoms with Gasteiger partial charge in [-0.15, -0.1) is 0 Å². The Bertz CT molecular complexity index is 1180. The summed E-state index contributed by atoms with van der Waals surface area (Å²) in [6, 6.07) is 15.7. The van der Waals surface area contributed by atoms with Crippen molar-refractivity contribution in [3.8, 4) is 5.75 Å². The first kappa shape index (κ1) is 18.5. The number of para-hydroxylation sites is 1. The fourth-order valence-electron chi connectivity index (χ4n) is 3.08. The Hall–Kier alpha value is -3.87. The Kier molecular flexibility index (Phi) is 5.11. The Labute approximate surface area is 166 Å². The van der Waals surface area contributed by atoms with Gasteiger partial charge in [-0.05, 0) is 36.4 Å². The van der Waals surface area contributed by atoms with E-state index in [0.29, 0.717) is 28.2 Å². The first-order valence-corrected chi connectivity index (χ1v) is 8.98. The lowest BCUT2D eigenvalue weighted by atomic mass is 10.1. The highest BCUT2D eigenvalue weighted by Crippen LogP contribution is 2.25. The van der Waals surface area contributed by atoms with Crippen LogP contribution < -0.4 is 10.4 Å². The SMILES string of the molecule is COc1cccc2cc(C(=O)N(Cc3ccccn3)Cc3ccco3)c(=O)oc12. The minimum atomic E-state index is -0.725. The third-order valence-electron chi connectivity index (χ3n) is 4.47. The van der Waals surface area contributed by atoms with Gasteiger partial charge >= 0.3 is 5.63 Å². The second-order valence-corrected chi connectivity index (χ2v) is 6.39. The molecule has 7 heteroatoms. The average Bonchev–Trinajstić information content (AvgIpc) is 3.26. The summed E-state index contributed by atoms with van der Waals surface area (Å²) in [7, 11) is 1.49. The first-order chi connectivity index (χ1) is 14.2. The molecule has 0 aliphatic rings. The number of aromatic nitrogens is 1. The standard InChI is InChI=1S/C22H18N2O5/c1-27-19-9-4-6-15-12-18(22(26)29-20(15)19)21(25)24(14-17-8-5-11-28-17)13-16-7-2-3-10-23-16/h2-12H,13-14H2,1H3. The van der Waals surface area contributed by atoms with E-state index in [9.17, 15) is 9.59 Å². The highest BCUT2D eigenvalue weighted by atomic mass is 16.5. The Morgan fingerprint density at radius 1 is 1.10 bits per heavy atom. The van der Waals surface area contributed by atoms with Crippen LogP contribution in [0.25, 0.3) is 11.0 Å². The largest absolute Gasteiger partial charge is 0.493 e. The summed E-state index contributed by atoms with van der Waals surface area (Å²) in [6.07, 6.45) is 3.19. The molecule has 7 nitrogen and oxygen atoms in total. The van der Waals surface area contributed by atoms with E-state index in [1.54, 1.807) is 42.6 Å². The molecule has 146 valence electrons. The van der Waals surface area contributed by atoms with Crippen molar-refractivity contribution in [1.82, 2.24) is 9.88 Å². The number of carbonyl (C=O) groups is 1. The Balaban J connectivity index is 1.73. The molecule has 4 aromatic rings. The van der Waals surface area contributed by atoms with Gasteiger partial charge in [0.25, 0.3) is 5.91 Å². The van der Waals surface area contributed by atoms with E-state index in [-0.39, 0.29) is 18.7 Å². The molecule has 0 fully saturated rings. The predicted octanol–water partition coefficient (Wildman–Crippen LogP) is 3.63. The average molecular weight is 390 g/mol. The fraction of sp³-hybridized carbons (Fsp3) is 0.136. The van der Waals surface area contributed by atoms with Crippen molar-refractivity contribution in [2.24, 2.45) is 0 Å². The smallest absolute Gasteiger partial charge is 0.349 e. The number of methoxy groups -OCH3 is 1. The zero-order valence-corrected chi connectivity index (χ0v) is 15.7. The van der Waals surface area contributed by atoms with E-state index in [4.69, 9.17) is 13.6 Å². The number of amides is 1. The zero-order valence-electron chi connectivity index (χ0n) is 15.7. The van der Waals surface area contributed by atoms with Gasteiger partial charge in [0.15, 0.2) is 11.3 Å². The lowest BCUT2D eigenvalue weighted by Crippen LogP contribution is -2.33. The molecule has 3 aromatic heterocycles. The van der Waals surface area contributed by atoms with Crippen LogP contribution in [0, 0.1) is 0 Å². The van der Waals surface area contributed by atoms with E-state index in [0.717, 1.165) is 0 Å². The summed E-state index contributed by atoms with van der Waals surface area (Å²) in [5.74, 6) is 0.561. The maximum atomic E-state index is 13.3. The summed E-state index contributed by atoms with van der Waals surface area (Å²) >= 11 is 0. The van der Waals surface area contributed by atoms with Gasteiger partial charge in [0, 0.05) is 11.6 Å². The van der Waals surface area contributed by atoms with Gasteiger partial charge in [0.1, 0.15) is 11.3 Å². The number of furan rings is 1. The van der Waals surface area contributed by atoms with Gasteiger partial charge in [-0.3, -0.25) is 9.78 Å². The number of hydrogen-bond donors (Lipinski definition) is 0. The first-order valence-electron chi connectivity index (χ1n) is 8.98. The summed E-state index contributed by atoms with van der Waals surface area (Å²) in [4.78, 5) is 31.6. The minimum absolute atomic E-state index is 0.0618. The molecular weight excluding hydrogens is 372 g/mol. The van der Waals surface area contributed by atoms with Crippen molar-refractivity contribution in [2.45, 2.75) is 13.1 Å². The second-order valence-electron chi connectivity index (χ2n) is 6.39. The van der Waals surface area contributed by atoms with Gasteiger partial charge in [-0.2, -0.15) is 0 Å². The monoisotopic (exact) mass is 390 g/mol. The molecule has 0 saturated carbocycles. The van der Waals surface area contributed by atoms with E-state index < -0.39 is 11.5 Å². The normalized spacial score (nSPS) is 10.8. The molecule has 4 rings (SSSR count). The van der Waals surface area contributed by atoms with Crippen LogP contribution >= 0.6 is 0 Å². The number of carbonyl (C=O) groups excluding carboxylic acids is 1. The lowest BCUT2D eigenvalue weighted by Gasteiger charge is -2.21. The van der Waals surface area contributed by atoms with Crippen LogP contribution in [0.3, 0.4) is 0 Å². The van der Waals surface area contributed by atoms with Crippen LogP contribution in [0.5, 0.6) is 5.75 Å². The number of rotatable bonds is 6. The van der Waals surface area contributed by atoms with Gasteiger partial charge in [0.05, 0.1) is 32.2 Å². The van der Waals surface area contributed by atoms with Gasteiger partial charge < -0.3 is 18.5 Å². The van der Waals surface area contributed by atoms with Crippen molar-refractivity contribution in [3.63, 3.8) is 0 Å². The molecule has 0 N–H and O–H groups in total. The van der Waals surface area contributed by atoms with Crippen molar-refractivity contribution in [2.75, 3.05) is 7.11 Å². The molecule has 1 amide bonds. The van der Waals surface area contributed by atoms with Crippen LogP contribution in [-0.4, -0.2) is 22.9 Å². The van der Waals surface area contributed by atoms with Gasteiger partial charge in [-0.25, -0.2) is 4.79 Å². The molecule has 0 bridgehead atoms. The molecule has 29 heavy (non-hydrogen) atoms. The highest BCUT2D eigenvalue weighted by molar-refractivity contribution is 5.97. The Morgan fingerprint density at radius 3 is 2.72 bits per heavy atom. The quantitative estimate of drug-likeness (QED) is 0.467. The number of fused-ring (bicyclic) bond motifs is 1. The molecule has 0 atom stereocenters. The van der Waals surface area contributed by atoms with Crippen LogP contribution in [0.1, 0.15) is 21.8 Å². The van der Waals surface area contributed by atoms with E-state index in [1.165, 1.54) is 24.3 Å². The van der Waals surface area contributed by atoms with Crippen LogP contribution in [0.2, 0.25) is 0 Å². The number of ether oxygens (including phenoxy) is 1. The van der Waals surface area contributed by atoms with Crippen molar-refractivity contribution >= 4 is 16.9 Å². The summed E-state index contributed by atoms with van der Waals surface area (Å²) in [5.41, 5.74) is 0.212. The minimum Gasteiger partial charge on any atom is -0.493 e. The number of pyridine rings is 1. The fourth-order valence-corrected chi connectivity index (χ4v) is 3.08. The predicted molar refractivity (Wildman–Crippen MR) is 106 cm³/mol. The summed E-state index contributed by atoms with van der Waals surface area (Å²) in [6.45, 7) is 0.411. The van der Waals surface area contributed by atoms with Crippen molar-refractivity contribution in [1.29, 1.82) is 0 Å². The van der Waals surface area contributed by atoms with E-state index in [1.807, 2.05) is 12.1 Å². The van der Waals surface area contributed by atoms with Crippen LogP contribution in [0.4, 0.5) is 0 Å². The Morgan fingerprint density at radius 2 is 2.00 bits per heavy atom. The molecule has 1 aromatic carbocycles. The lowest BCUT2D eigenvalue weighted by molar-refractivity contribution is 0.0711. The van der Waals surface area contributed by atoms with Crippen molar-refractivity contribution < 1.29 is 18.4 Å². The maximum absolute atomic E-state index is 13.3. The van der Waals surface area contributed by atoms with Gasteiger partial charge in [0.2, 0.25) is 0 Å². The molecular formula is C22H18N2O5. The second kappa shape index (κ2) is 8.02. The van der Waals surface area contributed by atoms with Crippen molar-refractivity contribution in [3.05, 3.63) is 94.5 Å². The number of hydrogen-bond acceptors (Lipinski definition) is 6. The highest BCUT2D eigenvalue weighted by Gasteiger charge is 2.23. The zero-order chi connectivity index (χ0) is 20.2. The third kappa shape index (κ3) is 3.89. The molecule has 0 aliphatic carbocycles. The molecule has 0 saturated heterocycles. The number of benzene rings is 1. The maximum Gasteiger partial charge on any atom is 0.349 e. The molecule has 0 spiro atoms. The number of nitrogens with zero attached hydrogens (tertiary/aromatic N) is 2.